The summed E-state index contributed by atoms with van der Waals surface area (Å²) >= 11 is 0. The smallest absolute Gasteiger partial charge is 0.256 e. The maximum atomic E-state index is 13.0. The molecule has 3 rings (SSSR count). The summed E-state index contributed by atoms with van der Waals surface area (Å²) in [5.74, 6) is 0.0850. The zero-order valence-electron chi connectivity index (χ0n) is 14.4. The van der Waals surface area contributed by atoms with Crippen LogP contribution in [0.3, 0.4) is 0 Å². The SMILES string of the molecule is Cc1ccc(C)n1-c1ccccc1C(=O)N1CCN(CCO)CC1. The number of hydrogen-bond donors (Lipinski definition) is 1. The summed E-state index contributed by atoms with van der Waals surface area (Å²) in [6.07, 6.45) is 0. The van der Waals surface area contributed by atoms with E-state index in [1.54, 1.807) is 0 Å². The fourth-order valence-electron chi connectivity index (χ4n) is 3.38. The van der Waals surface area contributed by atoms with Gasteiger partial charge in [0.05, 0.1) is 17.9 Å². The molecule has 0 aliphatic carbocycles. The van der Waals surface area contributed by atoms with E-state index in [1.807, 2.05) is 29.2 Å². The van der Waals surface area contributed by atoms with Gasteiger partial charge >= 0.3 is 0 Å². The molecule has 0 spiro atoms. The van der Waals surface area contributed by atoms with E-state index in [4.69, 9.17) is 5.11 Å². The van der Waals surface area contributed by atoms with Crippen LogP contribution in [0.5, 0.6) is 0 Å². The maximum absolute atomic E-state index is 13.0. The van der Waals surface area contributed by atoms with Crippen molar-refractivity contribution in [3.63, 3.8) is 0 Å². The van der Waals surface area contributed by atoms with Crippen molar-refractivity contribution >= 4 is 5.91 Å². The Bertz CT molecular complexity index is 696. The van der Waals surface area contributed by atoms with Crippen LogP contribution in [0.15, 0.2) is 36.4 Å². The number of β-amino-alcohol motifs (C(OH)–C–C–N with tert-alkyl or cyclic N) is 1. The molecule has 5 heteroatoms. The van der Waals surface area contributed by atoms with Gasteiger partial charge in [-0.1, -0.05) is 12.1 Å². The number of carbonyl (C=O) groups is 1. The zero-order valence-corrected chi connectivity index (χ0v) is 14.4. The lowest BCUT2D eigenvalue weighted by atomic mass is 10.1. The number of benzene rings is 1. The molecule has 0 atom stereocenters. The van der Waals surface area contributed by atoms with Crippen LogP contribution in [-0.2, 0) is 0 Å². The highest BCUT2D eigenvalue weighted by Crippen LogP contribution is 2.22. The number of aliphatic hydroxyl groups excluding tert-OH is 1. The van der Waals surface area contributed by atoms with Gasteiger partial charge in [0.1, 0.15) is 0 Å². The lowest BCUT2D eigenvalue weighted by molar-refractivity contribution is 0.0615. The number of nitrogens with zero attached hydrogens (tertiary/aromatic N) is 3. The van der Waals surface area contributed by atoms with Crippen molar-refractivity contribution in [1.29, 1.82) is 0 Å². The summed E-state index contributed by atoms with van der Waals surface area (Å²) < 4.78 is 2.13. The minimum atomic E-state index is 0.0850. The van der Waals surface area contributed by atoms with Crippen molar-refractivity contribution < 1.29 is 9.90 Å². The Hall–Kier alpha value is -2.11. The number of piperazine rings is 1. The average Bonchev–Trinajstić information content (AvgIpc) is 2.94. The quantitative estimate of drug-likeness (QED) is 0.932. The van der Waals surface area contributed by atoms with Gasteiger partial charge in [0.2, 0.25) is 0 Å². The molecule has 1 fully saturated rings. The first-order chi connectivity index (χ1) is 11.6. The van der Waals surface area contributed by atoms with Crippen LogP contribution < -0.4 is 0 Å². The molecule has 128 valence electrons. The molecule has 1 aromatic carbocycles. The Morgan fingerprint density at radius 1 is 1.00 bits per heavy atom. The van der Waals surface area contributed by atoms with Crippen molar-refractivity contribution in [1.82, 2.24) is 14.4 Å². The lowest BCUT2D eigenvalue weighted by Crippen LogP contribution is -2.49. The standard InChI is InChI=1S/C19H25N3O2/c1-15-7-8-16(2)22(15)18-6-4-3-5-17(18)19(24)21-11-9-20(10-12-21)13-14-23/h3-8,23H,9-14H2,1-2H3. The van der Waals surface area contributed by atoms with Gasteiger partial charge in [0.25, 0.3) is 5.91 Å². The van der Waals surface area contributed by atoms with Gasteiger partial charge in [0, 0.05) is 44.1 Å². The van der Waals surface area contributed by atoms with Crippen LogP contribution in [-0.4, -0.2) is 64.7 Å². The van der Waals surface area contributed by atoms with Gasteiger partial charge in [-0.3, -0.25) is 9.69 Å². The first-order valence-electron chi connectivity index (χ1n) is 8.48. The predicted molar refractivity (Wildman–Crippen MR) is 94.7 cm³/mol. The molecular formula is C19H25N3O2. The normalized spacial score (nSPS) is 15.7. The fraction of sp³-hybridized carbons (Fsp3) is 0.421. The van der Waals surface area contributed by atoms with Crippen LogP contribution >= 0.6 is 0 Å². The topological polar surface area (TPSA) is 48.7 Å². The summed E-state index contributed by atoms with van der Waals surface area (Å²) in [7, 11) is 0. The third kappa shape index (κ3) is 3.23. The van der Waals surface area contributed by atoms with Crippen LogP contribution in [0.2, 0.25) is 0 Å². The molecule has 1 saturated heterocycles. The van der Waals surface area contributed by atoms with E-state index < -0.39 is 0 Å². The minimum Gasteiger partial charge on any atom is -0.395 e. The molecule has 5 nitrogen and oxygen atoms in total. The summed E-state index contributed by atoms with van der Waals surface area (Å²) in [5, 5.41) is 9.04. The van der Waals surface area contributed by atoms with Gasteiger partial charge in [-0.15, -0.1) is 0 Å². The highest BCUT2D eigenvalue weighted by molar-refractivity contribution is 5.98. The maximum Gasteiger partial charge on any atom is 0.256 e. The van der Waals surface area contributed by atoms with Crippen molar-refractivity contribution in [2.45, 2.75) is 13.8 Å². The summed E-state index contributed by atoms with van der Waals surface area (Å²) in [6, 6.07) is 12.0. The van der Waals surface area contributed by atoms with Crippen LogP contribution in [0.1, 0.15) is 21.7 Å². The Balaban J connectivity index is 1.84. The van der Waals surface area contributed by atoms with Gasteiger partial charge in [-0.05, 0) is 38.1 Å². The third-order valence-electron chi connectivity index (χ3n) is 4.72. The summed E-state index contributed by atoms with van der Waals surface area (Å²) in [4.78, 5) is 17.2. The van der Waals surface area contributed by atoms with E-state index >= 15 is 0 Å². The van der Waals surface area contributed by atoms with Crippen molar-refractivity contribution in [3.8, 4) is 5.69 Å². The second-order valence-corrected chi connectivity index (χ2v) is 6.33. The number of para-hydroxylation sites is 1. The van der Waals surface area contributed by atoms with E-state index in [1.165, 1.54) is 0 Å². The van der Waals surface area contributed by atoms with Crippen LogP contribution in [0.25, 0.3) is 5.69 Å². The molecule has 1 amide bonds. The van der Waals surface area contributed by atoms with E-state index in [0.717, 1.165) is 35.7 Å². The third-order valence-corrected chi connectivity index (χ3v) is 4.72. The molecule has 1 aliphatic rings. The van der Waals surface area contributed by atoms with E-state index in [9.17, 15) is 4.79 Å². The zero-order chi connectivity index (χ0) is 17.1. The minimum absolute atomic E-state index is 0.0850. The molecule has 2 heterocycles. The molecule has 1 N–H and O–H groups in total. The number of amides is 1. The molecule has 0 bridgehead atoms. The summed E-state index contributed by atoms with van der Waals surface area (Å²) in [5.41, 5.74) is 3.94. The predicted octanol–water partition coefficient (Wildman–Crippen LogP) is 1.84. The van der Waals surface area contributed by atoms with Crippen molar-refractivity contribution in [2.75, 3.05) is 39.3 Å². The van der Waals surface area contributed by atoms with E-state index in [2.05, 4.69) is 35.4 Å². The highest BCUT2D eigenvalue weighted by atomic mass is 16.3. The average molecular weight is 327 g/mol. The fourth-order valence-corrected chi connectivity index (χ4v) is 3.38. The second-order valence-electron chi connectivity index (χ2n) is 6.33. The van der Waals surface area contributed by atoms with Crippen LogP contribution in [0, 0.1) is 13.8 Å². The molecule has 0 radical (unpaired) electrons. The Labute approximate surface area is 143 Å². The van der Waals surface area contributed by atoms with Gasteiger partial charge in [0.15, 0.2) is 0 Å². The molecule has 0 unspecified atom stereocenters. The number of carbonyl (C=O) groups excluding carboxylic acids is 1. The monoisotopic (exact) mass is 327 g/mol. The van der Waals surface area contributed by atoms with Gasteiger partial charge in [-0.2, -0.15) is 0 Å². The first kappa shape index (κ1) is 16.7. The molecular weight excluding hydrogens is 302 g/mol. The van der Waals surface area contributed by atoms with Crippen LogP contribution in [0.4, 0.5) is 0 Å². The molecule has 1 aromatic heterocycles. The molecule has 24 heavy (non-hydrogen) atoms. The van der Waals surface area contributed by atoms with E-state index in [0.29, 0.717) is 19.6 Å². The Morgan fingerprint density at radius 2 is 1.62 bits per heavy atom. The van der Waals surface area contributed by atoms with E-state index in [-0.39, 0.29) is 12.5 Å². The molecule has 2 aromatic rings. The van der Waals surface area contributed by atoms with Crippen molar-refractivity contribution in [2.24, 2.45) is 0 Å². The highest BCUT2D eigenvalue weighted by Gasteiger charge is 2.24. The largest absolute Gasteiger partial charge is 0.395 e. The van der Waals surface area contributed by atoms with Crippen molar-refractivity contribution in [3.05, 3.63) is 53.3 Å². The number of aryl methyl sites for hydroxylation is 2. The molecule has 0 saturated carbocycles. The van der Waals surface area contributed by atoms with Gasteiger partial charge in [-0.25, -0.2) is 0 Å². The first-order valence-corrected chi connectivity index (χ1v) is 8.48. The van der Waals surface area contributed by atoms with Gasteiger partial charge < -0.3 is 14.6 Å². The second kappa shape index (κ2) is 7.20. The summed E-state index contributed by atoms with van der Waals surface area (Å²) in [6.45, 7) is 8.01. The lowest BCUT2D eigenvalue weighted by Gasteiger charge is -2.34. The number of rotatable bonds is 4. The number of hydrogen-bond acceptors (Lipinski definition) is 3. The number of aromatic nitrogens is 1. The Morgan fingerprint density at radius 3 is 2.25 bits per heavy atom. The number of aliphatic hydroxyl groups is 1. The molecule has 1 aliphatic heterocycles. The Kier molecular flexibility index (Phi) is 5.02.